The second kappa shape index (κ2) is 7.75. The van der Waals surface area contributed by atoms with E-state index in [-0.39, 0.29) is 24.1 Å². The number of likely N-dealkylation sites (tertiary alicyclic amines) is 1. The fourth-order valence-electron chi connectivity index (χ4n) is 3.32. The number of amides is 1. The standard InChI is InChI=1S/C17H22N2O2.ClH/c20-16(13-4-2-1-3-5-13)8-9-17(21)19-11-10-14-6-7-15(12-19)18-14;/h1-5,14-15,18H,6-12H2;1H. The molecule has 2 aliphatic rings. The number of carbonyl (C=O) groups is 2. The summed E-state index contributed by atoms with van der Waals surface area (Å²) in [6, 6.07) is 10.2. The third kappa shape index (κ3) is 4.08. The molecule has 1 amide bonds. The lowest BCUT2D eigenvalue weighted by atomic mass is 10.1. The molecule has 2 heterocycles. The Bertz CT molecular complexity index is 521. The summed E-state index contributed by atoms with van der Waals surface area (Å²) in [6.07, 6.45) is 4.07. The number of benzene rings is 1. The average Bonchev–Trinajstić information content (AvgIpc) is 2.84. The van der Waals surface area contributed by atoms with Gasteiger partial charge in [-0.1, -0.05) is 30.3 Å². The summed E-state index contributed by atoms with van der Waals surface area (Å²) in [7, 11) is 0. The summed E-state index contributed by atoms with van der Waals surface area (Å²) in [6.45, 7) is 1.63. The van der Waals surface area contributed by atoms with Gasteiger partial charge in [0.1, 0.15) is 0 Å². The molecule has 120 valence electrons. The lowest BCUT2D eigenvalue weighted by Crippen LogP contribution is -2.39. The lowest BCUT2D eigenvalue weighted by Gasteiger charge is -2.24. The molecular weight excluding hydrogens is 300 g/mol. The second-order valence-corrected chi connectivity index (χ2v) is 6.06. The van der Waals surface area contributed by atoms with Crippen LogP contribution in [0.15, 0.2) is 30.3 Å². The van der Waals surface area contributed by atoms with E-state index in [1.54, 1.807) is 0 Å². The van der Waals surface area contributed by atoms with Crippen molar-refractivity contribution in [3.63, 3.8) is 0 Å². The molecule has 1 aromatic carbocycles. The van der Waals surface area contributed by atoms with Crippen LogP contribution in [0.2, 0.25) is 0 Å². The Morgan fingerprint density at radius 1 is 1.05 bits per heavy atom. The van der Waals surface area contributed by atoms with E-state index in [1.807, 2.05) is 35.2 Å². The van der Waals surface area contributed by atoms with E-state index in [0.717, 1.165) is 25.9 Å². The van der Waals surface area contributed by atoms with Crippen LogP contribution in [0.5, 0.6) is 0 Å². The Morgan fingerprint density at radius 3 is 2.55 bits per heavy atom. The fourth-order valence-corrected chi connectivity index (χ4v) is 3.32. The number of ketones is 1. The van der Waals surface area contributed by atoms with Gasteiger partial charge in [-0.15, -0.1) is 12.4 Å². The number of hydrogen-bond donors (Lipinski definition) is 1. The van der Waals surface area contributed by atoms with E-state index in [2.05, 4.69) is 5.32 Å². The van der Waals surface area contributed by atoms with Crippen molar-refractivity contribution in [2.75, 3.05) is 13.1 Å². The first kappa shape index (κ1) is 17.0. The third-order valence-corrected chi connectivity index (χ3v) is 4.54. The van der Waals surface area contributed by atoms with Gasteiger partial charge in [0.25, 0.3) is 0 Å². The van der Waals surface area contributed by atoms with Crippen LogP contribution in [0.4, 0.5) is 0 Å². The van der Waals surface area contributed by atoms with E-state index < -0.39 is 0 Å². The molecule has 0 saturated carbocycles. The Labute approximate surface area is 137 Å². The number of hydrogen-bond acceptors (Lipinski definition) is 3. The van der Waals surface area contributed by atoms with Crippen LogP contribution >= 0.6 is 12.4 Å². The van der Waals surface area contributed by atoms with Gasteiger partial charge in [-0.25, -0.2) is 0 Å². The molecule has 0 spiro atoms. The number of carbonyl (C=O) groups excluding carboxylic acids is 2. The Hall–Kier alpha value is -1.39. The van der Waals surface area contributed by atoms with Crippen LogP contribution in [0.1, 0.15) is 42.5 Å². The van der Waals surface area contributed by atoms with Gasteiger partial charge in [-0.3, -0.25) is 9.59 Å². The molecule has 22 heavy (non-hydrogen) atoms. The van der Waals surface area contributed by atoms with Gasteiger partial charge in [-0.2, -0.15) is 0 Å². The Morgan fingerprint density at radius 2 is 1.77 bits per heavy atom. The number of halogens is 1. The highest BCUT2D eigenvalue weighted by atomic mass is 35.5. The monoisotopic (exact) mass is 322 g/mol. The van der Waals surface area contributed by atoms with E-state index in [1.165, 1.54) is 6.42 Å². The Kier molecular flexibility index (Phi) is 5.98. The quantitative estimate of drug-likeness (QED) is 0.866. The van der Waals surface area contributed by atoms with E-state index >= 15 is 0 Å². The van der Waals surface area contributed by atoms with Crippen molar-refractivity contribution in [3.8, 4) is 0 Å². The molecule has 3 rings (SSSR count). The van der Waals surface area contributed by atoms with Crippen LogP contribution in [0, 0.1) is 0 Å². The molecule has 1 N–H and O–H groups in total. The van der Waals surface area contributed by atoms with E-state index in [4.69, 9.17) is 0 Å². The SMILES string of the molecule is Cl.O=C(CCC(=O)N1CCC2CCC(C1)N2)c1ccccc1. The minimum absolute atomic E-state index is 0. The van der Waals surface area contributed by atoms with Gasteiger partial charge in [0, 0.05) is 43.6 Å². The van der Waals surface area contributed by atoms with Gasteiger partial charge in [0.2, 0.25) is 5.91 Å². The second-order valence-electron chi connectivity index (χ2n) is 6.06. The van der Waals surface area contributed by atoms with Gasteiger partial charge < -0.3 is 10.2 Å². The number of nitrogens with one attached hydrogen (secondary N) is 1. The number of fused-ring (bicyclic) bond motifs is 2. The average molecular weight is 323 g/mol. The molecule has 0 aliphatic carbocycles. The van der Waals surface area contributed by atoms with Crippen LogP contribution in [-0.4, -0.2) is 41.8 Å². The molecule has 2 unspecified atom stereocenters. The normalized spacial score (nSPS) is 23.5. The molecular formula is C17H23ClN2O2. The van der Waals surface area contributed by atoms with Crippen molar-refractivity contribution in [1.82, 2.24) is 10.2 Å². The molecule has 2 atom stereocenters. The number of Topliss-reactive ketones (excluding diaryl/α,β-unsaturated/α-hetero) is 1. The Balaban J connectivity index is 0.00000176. The summed E-state index contributed by atoms with van der Waals surface area (Å²) in [5, 5.41) is 3.57. The molecule has 0 radical (unpaired) electrons. The van der Waals surface area contributed by atoms with E-state index in [0.29, 0.717) is 30.5 Å². The van der Waals surface area contributed by atoms with E-state index in [9.17, 15) is 9.59 Å². The van der Waals surface area contributed by atoms with Gasteiger partial charge in [0.15, 0.2) is 5.78 Å². The summed E-state index contributed by atoms with van der Waals surface area (Å²) in [4.78, 5) is 26.3. The van der Waals surface area contributed by atoms with Gasteiger partial charge in [-0.05, 0) is 19.3 Å². The summed E-state index contributed by atoms with van der Waals surface area (Å²) in [5.41, 5.74) is 0.696. The van der Waals surface area contributed by atoms with Gasteiger partial charge in [0.05, 0.1) is 0 Å². The molecule has 2 saturated heterocycles. The molecule has 0 aromatic heterocycles. The van der Waals surface area contributed by atoms with Crippen molar-refractivity contribution >= 4 is 24.1 Å². The summed E-state index contributed by atoms with van der Waals surface area (Å²) in [5.74, 6) is 0.173. The highest BCUT2D eigenvalue weighted by molar-refractivity contribution is 5.97. The zero-order chi connectivity index (χ0) is 14.7. The molecule has 5 heteroatoms. The van der Waals surface area contributed by atoms with Crippen molar-refractivity contribution in [3.05, 3.63) is 35.9 Å². The first-order valence-electron chi connectivity index (χ1n) is 7.84. The summed E-state index contributed by atoms with van der Waals surface area (Å²) < 4.78 is 0. The molecule has 1 aromatic rings. The maximum Gasteiger partial charge on any atom is 0.223 e. The molecule has 2 bridgehead atoms. The predicted molar refractivity (Wildman–Crippen MR) is 88.4 cm³/mol. The summed E-state index contributed by atoms with van der Waals surface area (Å²) >= 11 is 0. The highest BCUT2D eigenvalue weighted by Gasteiger charge is 2.30. The van der Waals surface area contributed by atoms with Crippen molar-refractivity contribution in [1.29, 1.82) is 0 Å². The van der Waals surface area contributed by atoms with Crippen molar-refractivity contribution in [2.45, 2.75) is 44.2 Å². The topological polar surface area (TPSA) is 49.4 Å². The minimum Gasteiger partial charge on any atom is -0.341 e. The molecule has 2 fully saturated rings. The lowest BCUT2D eigenvalue weighted by molar-refractivity contribution is -0.131. The van der Waals surface area contributed by atoms with Crippen molar-refractivity contribution < 1.29 is 9.59 Å². The zero-order valence-corrected chi connectivity index (χ0v) is 13.5. The van der Waals surface area contributed by atoms with Crippen LogP contribution in [-0.2, 0) is 4.79 Å². The fraction of sp³-hybridized carbons (Fsp3) is 0.529. The van der Waals surface area contributed by atoms with Crippen LogP contribution < -0.4 is 5.32 Å². The predicted octanol–water partition coefficient (Wildman–Crippen LogP) is 2.42. The third-order valence-electron chi connectivity index (χ3n) is 4.54. The number of rotatable bonds is 4. The maximum atomic E-state index is 12.3. The smallest absolute Gasteiger partial charge is 0.223 e. The maximum absolute atomic E-state index is 12.3. The van der Waals surface area contributed by atoms with Crippen LogP contribution in [0.3, 0.4) is 0 Å². The number of nitrogens with zero attached hydrogens (tertiary/aromatic N) is 1. The highest BCUT2D eigenvalue weighted by Crippen LogP contribution is 2.21. The molecule has 2 aliphatic heterocycles. The minimum atomic E-state index is 0. The molecule has 4 nitrogen and oxygen atoms in total. The zero-order valence-electron chi connectivity index (χ0n) is 12.7. The first-order chi connectivity index (χ1) is 10.2. The van der Waals surface area contributed by atoms with Crippen molar-refractivity contribution in [2.24, 2.45) is 0 Å². The largest absolute Gasteiger partial charge is 0.341 e. The van der Waals surface area contributed by atoms with Gasteiger partial charge >= 0.3 is 0 Å². The van der Waals surface area contributed by atoms with Crippen LogP contribution in [0.25, 0.3) is 0 Å². The first-order valence-corrected chi connectivity index (χ1v) is 7.84.